The van der Waals surface area contributed by atoms with E-state index in [1.165, 1.54) is 21.3 Å². The van der Waals surface area contributed by atoms with Gasteiger partial charge in [-0.1, -0.05) is 17.7 Å². The number of methoxy groups -OCH3 is 3. The third-order valence-electron chi connectivity index (χ3n) is 3.98. The van der Waals surface area contributed by atoms with Crippen LogP contribution in [0.3, 0.4) is 0 Å². The highest BCUT2D eigenvalue weighted by molar-refractivity contribution is 7.98. The molecule has 0 heterocycles. The summed E-state index contributed by atoms with van der Waals surface area (Å²) >= 11 is 7.84. The number of hydrogen-bond acceptors (Lipinski definition) is 7. The molecule has 8 heteroatoms. The van der Waals surface area contributed by atoms with E-state index in [2.05, 4.69) is 11.9 Å². The number of halogens is 1. The summed E-state index contributed by atoms with van der Waals surface area (Å²) in [6.45, 7) is 3.66. The summed E-state index contributed by atoms with van der Waals surface area (Å²) < 4.78 is 15.9. The molecule has 136 valence electrons. The van der Waals surface area contributed by atoms with Crippen molar-refractivity contribution in [1.29, 1.82) is 0 Å². The zero-order chi connectivity index (χ0) is 18.3. The summed E-state index contributed by atoms with van der Waals surface area (Å²) in [4.78, 5) is 24.6. The Bertz CT molecular complexity index is 519. The second kappa shape index (κ2) is 9.46. The van der Waals surface area contributed by atoms with E-state index in [1.807, 2.05) is 6.26 Å². The molecule has 0 aromatic rings. The highest BCUT2D eigenvalue weighted by Gasteiger charge is 2.55. The topological polar surface area (TPSA) is 73.9 Å². The normalized spacial score (nSPS) is 20.9. The first-order valence-electron chi connectivity index (χ1n) is 7.42. The van der Waals surface area contributed by atoms with Crippen molar-refractivity contribution in [2.75, 3.05) is 33.3 Å². The van der Waals surface area contributed by atoms with Crippen LogP contribution >= 0.6 is 23.4 Å². The predicted molar refractivity (Wildman–Crippen MR) is 94.9 cm³/mol. The van der Waals surface area contributed by atoms with E-state index in [1.54, 1.807) is 17.8 Å². The second-order valence-corrected chi connectivity index (χ2v) is 6.57. The molecule has 1 N–H and O–H groups in total. The summed E-state index contributed by atoms with van der Waals surface area (Å²) in [5.74, 6) is -2.07. The maximum atomic E-state index is 12.5. The molecule has 0 fully saturated rings. The van der Waals surface area contributed by atoms with Gasteiger partial charge in [0.25, 0.3) is 0 Å². The lowest BCUT2D eigenvalue weighted by Crippen LogP contribution is -2.50. The lowest BCUT2D eigenvalue weighted by Gasteiger charge is -2.35. The first-order chi connectivity index (χ1) is 11.4. The van der Waals surface area contributed by atoms with Crippen LogP contribution in [-0.4, -0.2) is 56.9 Å². The van der Waals surface area contributed by atoms with Crippen molar-refractivity contribution in [3.05, 3.63) is 23.4 Å². The molecule has 0 aromatic heterocycles. The molecule has 2 atom stereocenters. The number of nitrogens with one attached hydrogen (secondary N) is 1. The summed E-state index contributed by atoms with van der Waals surface area (Å²) in [6.07, 6.45) is 4.38. The Labute approximate surface area is 151 Å². The van der Waals surface area contributed by atoms with Gasteiger partial charge in [0.2, 0.25) is 5.79 Å². The Hall–Kier alpha value is -1.02. The fourth-order valence-electron chi connectivity index (χ4n) is 2.74. The molecule has 0 radical (unpaired) electrons. The Morgan fingerprint density at radius 2 is 2.08 bits per heavy atom. The molecule has 1 aliphatic rings. The number of rotatable bonds is 10. The molecule has 0 amide bonds. The van der Waals surface area contributed by atoms with Crippen molar-refractivity contribution in [3.8, 4) is 0 Å². The Balaban J connectivity index is 3.22. The largest absolute Gasteiger partial charge is 0.467 e. The predicted octanol–water partition coefficient (Wildman–Crippen LogP) is 2.09. The van der Waals surface area contributed by atoms with Gasteiger partial charge >= 0.3 is 5.97 Å². The maximum Gasteiger partial charge on any atom is 0.328 e. The van der Waals surface area contributed by atoms with E-state index in [0.29, 0.717) is 12.8 Å². The fourth-order valence-corrected chi connectivity index (χ4v) is 3.53. The number of Topliss-reactive ketones (excluding diaryl/α,β-unsaturated/α-hetero) is 1. The molecule has 6 nitrogen and oxygen atoms in total. The van der Waals surface area contributed by atoms with E-state index in [0.717, 1.165) is 5.75 Å². The van der Waals surface area contributed by atoms with Gasteiger partial charge in [-0.05, 0) is 24.9 Å². The van der Waals surface area contributed by atoms with Crippen LogP contribution in [0.1, 0.15) is 12.8 Å². The highest BCUT2D eigenvalue weighted by atomic mass is 35.5. The molecule has 1 aliphatic carbocycles. The van der Waals surface area contributed by atoms with Crippen LogP contribution in [0.5, 0.6) is 0 Å². The molecular weight excluding hydrogens is 354 g/mol. The molecular formula is C16H24ClNO5S. The molecule has 24 heavy (non-hydrogen) atoms. The monoisotopic (exact) mass is 377 g/mol. The number of carbonyl (C=O) groups is 2. The fraction of sp³-hybridized carbons (Fsp3) is 0.625. The van der Waals surface area contributed by atoms with Crippen molar-refractivity contribution in [3.63, 3.8) is 0 Å². The Kier molecular flexibility index (Phi) is 8.29. The standard InChI is InChI=1S/C16H24ClNO5S/c1-6-7-10-13(19)12(17)14(16(10,22-3)23-4)18-11(8-9-24-5)15(20)21-2/h6,10-11,18H,1,7-9H2,2-5H3/t10-,11+/m1/s1. The third kappa shape index (κ3) is 3.96. The minimum absolute atomic E-state index is 0.0244. The second-order valence-electron chi connectivity index (χ2n) is 5.21. The third-order valence-corrected chi connectivity index (χ3v) is 5.00. The highest BCUT2D eigenvalue weighted by Crippen LogP contribution is 2.43. The zero-order valence-electron chi connectivity index (χ0n) is 14.4. The SMILES string of the molecule is C=CC[C@@H]1C(=O)C(Cl)=C(N[C@@H](CCSC)C(=O)OC)C1(OC)OC. The van der Waals surface area contributed by atoms with Crippen LogP contribution in [0, 0.1) is 5.92 Å². The van der Waals surface area contributed by atoms with Crippen LogP contribution in [0.2, 0.25) is 0 Å². The van der Waals surface area contributed by atoms with Crippen LogP contribution in [-0.2, 0) is 23.8 Å². The van der Waals surface area contributed by atoms with E-state index in [4.69, 9.17) is 25.8 Å². The summed E-state index contributed by atoms with van der Waals surface area (Å²) in [5.41, 5.74) is 0.252. The summed E-state index contributed by atoms with van der Waals surface area (Å²) in [5, 5.41) is 2.99. The average molecular weight is 378 g/mol. The van der Waals surface area contributed by atoms with Crippen molar-refractivity contribution in [2.45, 2.75) is 24.7 Å². The smallest absolute Gasteiger partial charge is 0.328 e. The number of carbonyl (C=O) groups excluding carboxylic acids is 2. The minimum Gasteiger partial charge on any atom is -0.467 e. The van der Waals surface area contributed by atoms with E-state index in [9.17, 15) is 9.59 Å². The van der Waals surface area contributed by atoms with Gasteiger partial charge in [-0.15, -0.1) is 6.58 Å². The molecule has 0 spiro atoms. The molecule has 0 saturated carbocycles. The van der Waals surface area contributed by atoms with Crippen LogP contribution < -0.4 is 5.32 Å². The number of allylic oxidation sites excluding steroid dienone is 2. The first-order valence-corrected chi connectivity index (χ1v) is 9.19. The van der Waals surface area contributed by atoms with Gasteiger partial charge in [0.05, 0.1) is 18.7 Å². The maximum absolute atomic E-state index is 12.5. The first kappa shape index (κ1) is 21.0. The van der Waals surface area contributed by atoms with Gasteiger partial charge in [-0.3, -0.25) is 4.79 Å². The molecule has 0 saturated heterocycles. The van der Waals surface area contributed by atoms with Gasteiger partial charge in [-0.25, -0.2) is 4.79 Å². The van der Waals surface area contributed by atoms with Gasteiger partial charge in [0.1, 0.15) is 11.1 Å². The zero-order valence-corrected chi connectivity index (χ0v) is 16.0. The van der Waals surface area contributed by atoms with E-state index < -0.39 is 23.7 Å². The van der Waals surface area contributed by atoms with E-state index in [-0.39, 0.29) is 16.5 Å². The lowest BCUT2D eigenvalue weighted by molar-refractivity contribution is -0.207. The lowest BCUT2D eigenvalue weighted by atomic mass is 9.95. The molecule has 0 unspecified atom stereocenters. The van der Waals surface area contributed by atoms with Gasteiger partial charge < -0.3 is 19.5 Å². The molecule has 0 aromatic carbocycles. The number of esters is 1. The van der Waals surface area contributed by atoms with Crippen LogP contribution in [0.25, 0.3) is 0 Å². The molecule has 0 aliphatic heterocycles. The van der Waals surface area contributed by atoms with Crippen molar-refractivity contribution < 1.29 is 23.8 Å². The minimum atomic E-state index is -1.38. The molecule has 1 rings (SSSR count). The quantitative estimate of drug-likeness (QED) is 0.355. The van der Waals surface area contributed by atoms with Crippen LogP contribution in [0.4, 0.5) is 0 Å². The van der Waals surface area contributed by atoms with Crippen LogP contribution in [0.15, 0.2) is 23.4 Å². The van der Waals surface area contributed by atoms with Crippen molar-refractivity contribution >= 4 is 35.1 Å². The van der Waals surface area contributed by atoms with E-state index >= 15 is 0 Å². The number of hydrogen-bond donors (Lipinski definition) is 1. The Morgan fingerprint density at radius 1 is 1.46 bits per heavy atom. The molecule has 0 bridgehead atoms. The van der Waals surface area contributed by atoms with Gasteiger partial charge in [-0.2, -0.15) is 11.8 Å². The summed E-state index contributed by atoms with van der Waals surface area (Å²) in [7, 11) is 4.17. The summed E-state index contributed by atoms with van der Waals surface area (Å²) in [6, 6.07) is -0.661. The van der Waals surface area contributed by atoms with Crippen molar-refractivity contribution in [2.24, 2.45) is 5.92 Å². The van der Waals surface area contributed by atoms with Crippen molar-refractivity contribution in [1.82, 2.24) is 5.32 Å². The number of thioether (sulfide) groups is 1. The number of ketones is 1. The number of ether oxygens (including phenoxy) is 3. The van der Waals surface area contributed by atoms with Gasteiger partial charge in [0.15, 0.2) is 5.78 Å². The Morgan fingerprint density at radius 3 is 2.54 bits per heavy atom. The average Bonchev–Trinajstić information content (AvgIpc) is 2.80. The van der Waals surface area contributed by atoms with Gasteiger partial charge in [0, 0.05) is 14.2 Å².